The fourth-order valence-electron chi connectivity index (χ4n) is 3.02. The van der Waals surface area contributed by atoms with Gasteiger partial charge in [0.25, 0.3) is 5.91 Å². The number of thiophene rings is 1. The predicted octanol–water partition coefficient (Wildman–Crippen LogP) is 3.61. The van der Waals surface area contributed by atoms with E-state index in [-0.39, 0.29) is 24.3 Å². The van der Waals surface area contributed by atoms with Gasteiger partial charge in [0.2, 0.25) is 0 Å². The lowest BCUT2D eigenvalue weighted by Gasteiger charge is -2.17. The Kier molecular flexibility index (Phi) is 6.53. The van der Waals surface area contributed by atoms with Gasteiger partial charge >= 0.3 is 0 Å². The second-order valence-corrected chi connectivity index (χ2v) is 7.31. The van der Waals surface area contributed by atoms with Crippen LogP contribution in [0, 0.1) is 17.1 Å². The highest BCUT2D eigenvalue weighted by Crippen LogP contribution is 2.22. The van der Waals surface area contributed by atoms with Crippen LogP contribution in [0.5, 0.6) is 0 Å². The summed E-state index contributed by atoms with van der Waals surface area (Å²) in [6.07, 6.45) is 0.944. The molecule has 0 fully saturated rings. The van der Waals surface area contributed by atoms with Crippen LogP contribution in [0.3, 0.4) is 0 Å². The summed E-state index contributed by atoms with van der Waals surface area (Å²) in [5.41, 5.74) is 3.48. The fraction of sp³-hybridized carbons (Fsp3) is 0.182. The van der Waals surface area contributed by atoms with Crippen LogP contribution in [0.25, 0.3) is 0 Å². The third kappa shape index (κ3) is 4.83. The Balaban J connectivity index is 1.77. The predicted molar refractivity (Wildman–Crippen MR) is 109 cm³/mol. The van der Waals surface area contributed by atoms with Crippen molar-refractivity contribution < 1.29 is 14.5 Å². The van der Waals surface area contributed by atoms with Crippen LogP contribution in [0.1, 0.15) is 35.2 Å². The molecule has 1 aromatic heterocycles. The summed E-state index contributed by atoms with van der Waals surface area (Å²) < 4.78 is 13.8. The van der Waals surface area contributed by atoms with Crippen LogP contribution in [-0.4, -0.2) is 12.5 Å². The highest BCUT2D eigenvalue weighted by molar-refractivity contribution is 7.14. The van der Waals surface area contributed by atoms with Crippen molar-refractivity contribution >= 4 is 22.2 Å². The number of anilines is 1. The molecule has 1 amide bonds. The smallest absolute Gasteiger partial charge is 0.280 e. The molecule has 1 atom stereocenters. The molecular formula is C22H21FN3OS+. The number of rotatable bonds is 7. The lowest BCUT2D eigenvalue weighted by Crippen LogP contribution is -2.87. The number of hydrogen-bond acceptors (Lipinski definition) is 3. The number of nitrogens with two attached hydrogens (primary N) is 1. The maximum Gasteiger partial charge on any atom is 0.280 e. The maximum absolute atomic E-state index is 13.8. The van der Waals surface area contributed by atoms with E-state index >= 15 is 0 Å². The zero-order chi connectivity index (χ0) is 19.9. The molecule has 3 aromatic rings. The molecule has 28 heavy (non-hydrogen) atoms. The number of amides is 1. The first kappa shape index (κ1) is 19.7. The van der Waals surface area contributed by atoms with Crippen molar-refractivity contribution in [3.63, 3.8) is 0 Å². The molecule has 0 unspecified atom stereocenters. The zero-order valence-electron chi connectivity index (χ0n) is 15.5. The number of nitriles is 1. The molecule has 0 spiro atoms. The van der Waals surface area contributed by atoms with E-state index in [0.717, 1.165) is 17.5 Å². The summed E-state index contributed by atoms with van der Waals surface area (Å²) in [7, 11) is 0. The molecule has 3 N–H and O–H groups in total. The SMILES string of the molecule is CCc1ccc([C@@H]([NH2+]CC(=O)Nc2sccc2C#N)c2cccc(F)c2)cc1. The minimum Gasteiger partial charge on any atom is -0.328 e. The standard InChI is InChI=1S/C22H20FN3OS/c1-2-15-6-8-16(9-7-15)21(17-4-3-5-19(23)12-17)25-14-20(27)26-22-18(13-24)10-11-28-22/h3-12,21,25H,2,14H2,1H3,(H,26,27)/p+1/t21-/m1/s1. The van der Waals surface area contributed by atoms with Crippen molar-refractivity contribution in [3.05, 3.63) is 88.0 Å². The molecule has 4 nitrogen and oxygen atoms in total. The third-order valence-corrected chi connectivity index (χ3v) is 5.36. The molecule has 0 saturated carbocycles. The number of nitrogens with zero attached hydrogens (tertiary/aromatic N) is 1. The average Bonchev–Trinajstić information content (AvgIpc) is 3.15. The van der Waals surface area contributed by atoms with Gasteiger partial charge in [0.05, 0.1) is 5.56 Å². The summed E-state index contributed by atoms with van der Waals surface area (Å²) >= 11 is 1.32. The van der Waals surface area contributed by atoms with Crippen molar-refractivity contribution in [1.29, 1.82) is 5.26 Å². The zero-order valence-corrected chi connectivity index (χ0v) is 16.3. The number of nitrogens with one attached hydrogen (secondary N) is 1. The summed E-state index contributed by atoms with van der Waals surface area (Å²) in [6.45, 7) is 2.25. The molecule has 0 aliphatic heterocycles. The van der Waals surface area contributed by atoms with Crippen molar-refractivity contribution in [3.8, 4) is 6.07 Å². The summed E-state index contributed by atoms with van der Waals surface area (Å²) in [5.74, 6) is -0.506. The van der Waals surface area contributed by atoms with Crippen LogP contribution >= 0.6 is 11.3 Å². The van der Waals surface area contributed by atoms with Crippen molar-refractivity contribution in [2.24, 2.45) is 0 Å². The Morgan fingerprint density at radius 2 is 2.00 bits per heavy atom. The van der Waals surface area contributed by atoms with Crippen molar-refractivity contribution in [2.75, 3.05) is 11.9 Å². The van der Waals surface area contributed by atoms with E-state index in [1.54, 1.807) is 17.5 Å². The first-order chi connectivity index (χ1) is 13.6. The fourth-order valence-corrected chi connectivity index (χ4v) is 3.78. The van der Waals surface area contributed by atoms with Gasteiger partial charge in [0.15, 0.2) is 6.54 Å². The molecule has 0 bridgehead atoms. The lowest BCUT2D eigenvalue weighted by molar-refractivity contribution is -0.676. The van der Waals surface area contributed by atoms with Crippen molar-refractivity contribution in [1.82, 2.24) is 0 Å². The van der Waals surface area contributed by atoms with Gasteiger partial charge in [-0.05, 0) is 35.6 Å². The number of carbonyl (C=O) groups is 1. The number of benzene rings is 2. The maximum atomic E-state index is 13.8. The van der Waals surface area contributed by atoms with E-state index in [4.69, 9.17) is 5.26 Å². The van der Waals surface area contributed by atoms with Gasteiger partial charge < -0.3 is 10.6 Å². The van der Waals surface area contributed by atoms with Gasteiger partial charge in [-0.3, -0.25) is 4.79 Å². The Morgan fingerprint density at radius 1 is 1.21 bits per heavy atom. The highest BCUT2D eigenvalue weighted by atomic mass is 32.1. The minimum atomic E-state index is -0.303. The van der Waals surface area contributed by atoms with Crippen LogP contribution in [0.2, 0.25) is 0 Å². The number of hydrogen-bond donors (Lipinski definition) is 2. The monoisotopic (exact) mass is 394 g/mol. The van der Waals surface area contributed by atoms with E-state index in [9.17, 15) is 9.18 Å². The molecule has 6 heteroatoms. The summed E-state index contributed by atoms with van der Waals surface area (Å²) in [6, 6.07) is 18.1. The molecular weight excluding hydrogens is 373 g/mol. The molecule has 0 aliphatic carbocycles. The number of aryl methyl sites for hydroxylation is 1. The van der Waals surface area contributed by atoms with Crippen LogP contribution < -0.4 is 10.6 Å². The Hall–Kier alpha value is -3.01. The van der Waals surface area contributed by atoms with Gasteiger partial charge in [-0.1, -0.05) is 43.3 Å². The Morgan fingerprint density at radius 3 is 2.68 bits per heavy atom. The average molecular weight is 394 g/mol. The van der Waals surface area contributed by atoms with E-state index in [1.807, 2.05) is 23.5 Å². The highest BCUT2D eigenvalue weighted by Gasteiger charge is 2.20. The number of carbonyl (C=O) groups excluding carboxylic acids is 1. The van der Waals surface area contributed by atoms with Gasteiger partial charge in [0.1, 0.15) is 22.9 Å². The minimum absolute atomic E-state index is 0.152. The third-order valence-electron chi connectivity index (χ3n) is 4.53. The summed E-state index contributed by atoms with van der Waals surface area (Å²) in [4.78, 5) is 12.4. The molecule has 0 saturated heterocycles. The van der Waals surface area contributed by atoms with Crippen LogP contribution in [0.4, 0.5) is 9.39 Å². The van der Waals surface area contributed by atoms with Gasteiger partial charge in [-0.2, -0.15) is 5.26 Å². The number of quaternary nitrogens is 1. The lowest BCUT2D eigenvalue weighted by atomic mass is 9.97. The Bertz CT molecular complexity index is 992. The van der Waals surface area contributed by atoms with Crippen LogP contribution in [0.15, 0.2) is 60.0 Å². The number of halogens is 1. The normalized spacial score (nSPS) is 11.6. The van der Waals surface area contributed by atoms with E-state index in [1.165, 1.54) is 29.0 Å². The van der Waals surface area contributed by atoms with E-state index < -0.39 is 0 Å². The van der Waals surface area contributed by atoms with Gasteiger partial charge in [0, 0.05) is 11.1 Å². The molecule has 142 valence electrons. The first-order valence-electron chi connectivity index (χ1n) is 9.05. The van der Waals surface area contributed by atoms with Gasteiger partial charge in [-0.15, -0.1) is 11.3 Å². The summed E-state index contributed by atoms with van der Waals surface area (Å²) in [5, 5.41) is 16.0. The largest absolute Gasteiger partial charge is 0.328 e. The Labute approximate surface area is 167 Å². The second-order valence-electron chi connectivity index (χ2n) is 6.39. The van der Waals surface area contributed by atoms with Crippen molar-refractivity contribution in [2.45, 2.75) is 19.4 Å². The molecule has 2 aromatic carbocycles. The molecule has 1 heterocycles. The van der Waals surface area contributed by atoms with E-state index in [2.05, 4.69) is 30.4 Å². The topological polar surface area (TPSA) is 69.5 Å². The quantitative estimate of drug-likeness (QED) is 0.643. The molecule has 0 radical (unpaired) electrons. The molecule has 3 rings (SSSR count). The van der Waals surface area contributed by atoms with Crippen LogP contribution in [-0.2, 0) is 11.2 Å². The molecule has 0 aliphatic rings. The van der Waals surface area contributed by atoms with Gasteiger partial charge in [-0.25, -0.2) is 4.39 Å². The first-order valence-corrected chi connectivity index (χ1v) is 9.93. The second kappa shape index (κ2) is 9.27. The van der Waals surface area contributed by atoms with E-state index in [0.29, 0.717) is 10.6 Å².